The van der Waals surface area contributed by atoms with Gasteiger partial charge in [0.2, 0.25) is 0 Å². The second kappa shape index (κ2) is 4.57. The Morgan fingerprint density at radius 3 is 2.74 bits per heavy atom. The summed E-state index contributed by atoms with van der Waals surface area (Å²) in [6.45, 7) is 1.95. The van der Waals surface area contributed by atoms with E-state index in [1.165, 1.54) is 0 Å². The predicted molar refractivity (Wildman–Crippen MR) is 75.7 cm³/mol. The molecule has 2 heterocycles. The van der Waals surface area contributed by atoms with Gasteiger partial charge in [-0.25, -0.2) is 4.98 Å². The van der Waals surface area contributed by atoms with Crippen LogP contribution in [0.15, 0.2) is 48.7 Å². The van der Waals surface area contributed by atoms with Crippen molar-refractivity contribution in [3.8, 4) is 5.75 Å². The second-order valence-corrected chi connectivity index (χ2v) is 4.39. The van der Waals surface area contributed by atoms with Crippen molar-refractivity contribution in [3.05, 3.63) is 54.4 Å². The molecule has 4 heteroatoms. The number of phenolic OH excluding ortho intramolecular Hbond substituents is 1. The number of anilines is 2. The van der Waals surface area contributed by atoms with E-state index < -0.39 is 0 Å². The van der Waals surface area contributed by atoms with E-state index >= 15 is 0 Å². The molecule has 0 spiro atoms. The molecule has 1 aromatic carbocycles. The third kappa shape index (κ3) is 2.47. The van der Waals surface area contributed by atoms with Gasteiger partial charge in [0.05, 0.1) is 17.4 Å². The number of nitrogens with one attached hydrogen (secondary N) is 1. The van der Waals surface area contributed by atoms with Crippen LogP contribution in [-0.2, 0) is 0 Å². The first-order valence-corrected chi connectivity index (χ1v) is 6.00. The van der Waals surface area contributed by atoms with Crippen LogP contribution < -0.4 is 5.32 Å². The highest BCUT2D eigenvalue weighted by molar-refractivity contribution is 5.82. The van der Waals surface area contributed by atoms with Crippen LogP contribution in [0.4, 0.5) is 11.5 Å². The van der Waals surface area contributed by atoms with Crippen LogP contribution >= 0.6 is 0 Å². The van der Waals surface area contributed by atoms with Crippen LogP contribution in [0.2, 0.25) is 0 Å². The zero-order valence-corrected chi connectivity index (χ0v) is 10.5. The molecule has 19 heavy (non-hydrogen) atoms. The number of aryl methyl sites for hydroxylation is 1. The summed E-state index contributed by atoms with van der Waals surface area (Å²) in [6.07, 6.45) is 1.78. The molecule has 0 bridgehead atoms. The average Bonchev–Trinajstić information content (AvgIpc) is 2.42. The zero-order chi connectivity index (χ0) is 13.2. The third-order valence-corrected chi connectivity index (χ3v) is 2.86. The van der Waals surface area contributed by atoms with E-state index in [0.29, 0.717) is 0 Å². The van der Waals surface area contributed by atoms with E-state index in [1.807, 2.05) is 31.2 Å². The van der Waals surface area contributed by atoms with Gasteiger partial charge in [0.25, 0.3) is 0 Å². The molecule has 2 aromatic heterocycles. The van der Waals surface area contributed by atoms with E-state index in [2.05, 4.69) is 15.3 Å². The van der Waals surface area contributed by atoms with Crippen LogP contribution in [0, 0.1) is 6.92 Å². The van der Waals surface area contributed by atoms with E-state index in [0.717, 1.165) is 28.1 Å². The lowest BCUT2D eigenvalue weighted by Crippen LogP contribution is -1.94. The Kier molecular flexibility index (Phi) is 2.76. The lowest BCUT2D eigenvalue weighted by atomic mass is 10.2. The number of aromatic nitrogens is 2. The van der Waals surface area contributed by atoms with Gasteiger partial charge < -0.3 is 10.4 Å². The minimum Gasteiger partial charge on any atom is -0.508 e. The van der Waals surface area contributed by atoms with Gasteiger partial charge in [-0.05, 0) is 49.4 Å². The fourth-order valence-electron chi connectivity index (χ4n) is 1.87. The van der Waals surface area contributed by atoms with Gasteiger partial charge in [0.15, 0.2) is 0 Å². The summed E-state index contributed by atoms with van der Waals surface area (Å²) in [5.74, 6) is 1.00. The zero-order valence-electron chi connectivity index (χ0n) is 10.5. The summed E-state index contributed by atoms with van der Waals surface area (Å²) >= 11 is 0. The number of benzene rings is 1. The number of nitrogens with zero attached hydrogens (tertiary/aromatic N) is 2. The first-order valence-electron chi connectivity index (χ1n) is 6.00. The molecule has 0 aliphatic rings. The molecular weight excluding hydrogens is 238 g/mol. The van der Waals surface area contributed by atoms with E-state index in [9.17, 15) is 5.11 Å². The Balaban J connectivity index is 1.93. The highest BCUT2D eigenvalue weighted by Gasteiger charge is 2.00. The SMILES string of the molecule is Cc1ccc(Nc2ccc3cc(O)ccc3n2)cn1. The summed E-state index contributed by atoms with van der Waals surface area (Å²) in [5, 5.41) is 13.5. The molecule has 0 saturated heterocycles. The monoisotopic (exact) mass is 251 g/mol. The maximum Gasteiger partial charge on any atom is 0.131 e. The first kappa shape index (κ1) is 11.5. The van der Waals surface area contributed by atoms with Crippen molar-refractivity contribution in [2.24, 2.45) is 0 Å². The summed E-state index contributed by atoms with van der Waals surface area (Å²) in [4.78, 5) is 8.71. The molecule has 0 atom stereocenters. The van der Waals surface area contributed by atoms with Gasteiger partial charge in [-0.1, -0.05) is 0 Å². The fourth-order valence-corrected chi connectivity index (χ4v) is 1.87. The van der Waals surface area contributed by atoms with E-state index in [1.54, 1.807) is 24.4 Å². The molecule has 3 rings (SSSR count). The molecule has 94 valence electrons. The van der Waals surface area contributed by atoms with Crippen molar-refractivity contribution in [3.63, 3.8) is 0 Å². The second-order valence-electron chi connectivity index (χ2n) is 4.39. The molecular formula is C15H13N3O. The average molecular weight is 251 g/mol. The summed E-state index contributed by atoms with van der Waals surface area (Å²) in [7, 11) is 0. The number of hydrogen-bond donors (Lipinski definition) is 2. The molecule has 0 saturated carbocycles. The van der Waals surface area contributed by atoms with Gasteiger partial charge >= 0.3 is 0 Å². The van der Waals surface area contributed by atoms with Crippen molar-refractivity contribution in [1.29, 1.82) is 0 Å². The minimum atomic E-state index is 0.248. The molecule has 3 aromatic rings. The molecule has 0 aliphatic carbocycles. The quantitative estimate of drug-likeness (QED) is 0.733. The largest absolute Gasteiger partial charge is 0.508 e. The maximum atomic E-state index is 9.41. The molecule has 0 fully saturated rings. The molecule has 0 radical (unpaired) electrons. The Morgan fingerprint density at radius 1 is 1.05 bits per heavy atom. The van der Waals surface area contributed by atoms with Crippen LogP contribution in [0.25, 0.3) is 10.9 Å². The standard InChI is InChI=1S/C15H13N3O/c1-10-2-4-12(9-16-10)17-15-7-3-11-8-13(19)5-6-14(11)18-15/h2-9,19H,1H3,(H,17,18). The molecule has 2 N–H and O–H groups in total. The molecule has 0 aliphatic heterocycles. The van der Waals surface area contributed by atoms with Gasteiger partial charge in [-0.3, -0.25) is 4.98 Å². The highest BCUT2D eigenvalue weighted by atomic mass is 16.3. The third-order valence-electron chi connectivity index (χ3n) is 2.86. The Bertz CT molecular complexity index is 723. The maximum absolute atomic E-state index is 9.41. The normalized spacial score (nSPS) is 10.6. The predicted octanol–water partition coefficient (Wildman–Crippen LogP) is 3.39. The van der Waals surface area contributed by atoms with Crippen LogP contribution in [0.3, 0.4) is 0 Å². The first-order chi connectivity index (χ1) is 9.20. The summed E-state index contributed by atoms with van der Waals surface area (Å²) in [5.41, 5.74) is 2.71. The van der Waals surface area contributed by atoms with Gasteiger partial charge in [-0.15, -0.1) is 0 Å². The minimum absolute atomic E-state index is 0.248. The topological polar surface area (TPSA) is 58.0 Å². The lowest BCUT2D eigenvalue weighted by molar-refractivity contribution is 0.476. The van der Waals surface area contributed by atoms with Crippen LogP contribution in [0.1, 0.15) is 5.69 Å². The molecule has 0 unspecified atom stereocenters. The molecule has 4 nitrogen and oxygen atoms in total. The van der Waals surface area contributed by atoms with E-state index in [-0.39, 0.29) is 5.75 Å². The van der Waals surface area contributed by atoms with E-state index in [4.69, 9.17) is 0 Å². The molecule has 0 amide bonds. The number of rotatable bonds is 2. The summed E-state index contributed by atoms with van der Waals surface area (Å²) < 4.78 is 0. The Morgan fingerprint density at radius 2 is 1.95 bits per heavy atom. The van der Waals surface area contributed by atoms with Gasteiger partial charge in [-0.2, -0.15) is 0 Å². The Hall–Kier alpha value is -2.62. The number of hydrogen-bond acceptors (Lipinski definition) is 4. The van der Waals surface area contributed by atoms with Gasteiger partial charge in [0, 0.05) is 11.1 Å². The van der Waals surface area contributed by atoms with Crippen LogP contribution in [-0.4, -0.2) is 15.1 Å². The van der Waals surface area contributed by atoms with Crippen molar-refractivity contribution in [1.82, 2.24) is 9.97 Å². The number of phenols is 1. The van der Waals surface area contributed by atoms with Crippen molar-refractivity contribution in [2.45, 2.75) is 6.92 Å². The fraction of sp³-hybridized carbons (Fsp3) is 0.0667. The smallest absolute Gasteiger partial charge is 0.131 e. The number of aromatic hydroxyl groups is 1. The lowest BCUT2D eigenvalue weighted by Gasteiger charge is -2.06. The number of pyridine rings is 2. The van der Waals surface area contributed by atoms with Crippen LogP contribution in [0.5, 0.6) is 5.75 Å². The van der Waals surface area contributed by atoms with Crippen molar-refractivity contribution < 1.29 is 5.11 Å². The highest BCUT2D eigenvalue weighted by Crippen LogP contribution is 2.21. The summed E-state index contributed by atoms with van der Waals surface area (Å²) in [6, 6.07) is 12.8. The van der Waals surface area contributed by atoms with Crippen molar-refractivity contribution in [2.75, 3.05) is 5.32 Å². The van der Waals surface area contributed by atoms with Crippen molar-refractivity contribution >= 4 is 22.4 Å². The number of fused-ring (bicyclic) bond motifs is 1. The van der Waals surface area contributed by atoms with Gasteiger partial charge in [0.1, 0.15) is 11.6 Å². The Labute approximate surface area is 110 Å².